The van der Waals surface area contributed by atoms with Gasteiger partial charge >= 0.3 is 0 Å². The number of rotatable bonds is 7. The Morgan fingerprint density at radius 2 is 2.14 bits per heavy atom. The number of methoxy groups -OCH3 is 1. The zero-order chi connectivity index (χ0) is 15.2. The number of halogens is 1. The second-order valence-electron chi connectivity index (χ2n) is 5.87. The van der Waals surface area contributed by atoms with Crippen molar-refractivity contribution in [2.24, 2.45) is 11.8 Å². The quantitative estimate of drug-likeness (QED) is 0.744. The molecule has 3 atom stereocenters. The third kappa shape index (κ3) is 4.21. The summed E-state index contributed by atoms with van der Waals surface area (Å²) in [4.78, 5) is 0. The van der Waals surface area contributed by atoms with Crippen molar-refractivity contribution in [3.05, 3.63) is 28.2 Å². The first kappa shape index (κ1) is 16.8. The Hall–Kier alpha value is -0.580. The standard InChI is InChI=1S/C17H26BrNO2/c1-12-5-4-6-14(12)17(19-2)13-7-8-16(15(18)11-13)21-10-9-20-3/h7-8,11-12,14,17,19H,4-6,9-10H2,1-3H3. The van der Waals surface area contributed by atoms with E-state index in [1.165, 1.54) is 24.8 Å². The summed E-state index contributed by atoms with van der Waals surface area (Å²) in [7, 11) is 3.74. The molecule has 0 amide bonds. The highest BCUT2D eigenvalue weighted by atomic mass is 79.9. The van der Waals surface area contributed by atoms with Gasteiger partial charge in [-0.3, -0.25) is 0 Å². The van der Waals surface area contributed by atoms with Gasteiger partial charge in [0.25, 0.3) is 0 Å². The Bertz CT molecular complexity index is 452. The minimum atomic E-state index is 0.423. The fourth-order valence-corrected chi connectivity index (χ4v) is 3.87. The molecule has 3 unspecified atom stereocenters. The first-order valence-corrected chi connectivity index (χ1v) is 8.55. The second kappa shape index (κ2) is 8.16. The zero-order valence-electron chi connectivity index (χ0n) is 13.2. The highest BCUT2D eigenvalue weighted by Crippen LogP contribution is 2.41. The summed E-state index contributed by atoms with van der Waals surface area (Å²) in [5, 5.41) is 3.51. The predicted octanol–water partition coefficient (Wildman–Crippen LogP) is 4.17. The van der Waals surface area contributed by atoms with Crippen LogP contribution in [0, 0.1) is 11.8 Å². The van der Waals surface area contributed by atoms with Crippen molar-refractivity contribution < 1.29 is 9.47 Å². The molecule has 2 rings (SSSR count). The fraction of sp³-hybridized carbons (Fsp3) is 0.647. The molecule has 1 aromatic rings. The van der Waals surface area contributed by atoms with E-state index in [2.05, 4.69) is 53.4 Å². The zero-order valence-corrected chi connectivity index (χ0v) is 14.8. The van der Waals surface area contributed by atoms with Gasteiger partial charge in [-0.25, -0.2) is 0 Å². The molecule has 0 saturated heterocycles. The lowest BCUT2D eigenvalue weighted by molar-refractivity contribution is 0.146. The largest absolute Gasteiger partial charge is 0.490 e. The van der Waals surface area contributed by atoms with Gasteiger partial charge in [0, 0.05) is 13.2 Å². The van der Waals surface area contributed by atoms with Crippen LogP contribution in [0.4, 0.5) is 0 Å². The normalized spacial score (nSPS) is 23.2. The first-order chi connectivity index (χ1) is 10.2. The lowest BCUT2D eigenvalue weighted by Crippen LogP contribution is -2.26. The van der Waals surface area contributed by atoms with E-state index in [4.69, 9.17) is 9.47 Å². The lowest BCUT2D eigenvalue weighted by atomic mass is 9.86. The van der Waals surface area contributed by atoms with Gasteiger partial charge in [0.15, 0.2) is 0 Å². The van der Waals surface area contributed by atoms with Crippen LogP contribution in [-0.2, 0) is 4.74 Å². The minimum Gasteiger partial charge on any atom is -0.490 e. The van der Waals surface area contributed by atoms with Crippen LogP contribution in [0.2, 0.25) is 0 Å². The maximum atomic E-state index is 5.70. The molecular formula is C17H26BrNO2. The van der Waals surface area contributed by atoms with Crippen LogP contribution < -0.4 is 10.1 Å². The topological polar surface area (TPSA) is 30.5 Å². The van der Waals surface area contributed by atoms with Crippen molar-refractivity contribution >= 4 is 15.9 Å². The maximum Gasteiger partial charge on any atom is 0.133 e. The van der Waals surface area contributed by atoms with E-state index < -0.39 is 0 Å². The van der Waals surface area contributed by atoms with Gasteiger partial charge in [-0.05, 0) is 58.9 Å². The van der Waals surface area contributed by atoms with Crippen LogP contribution in [0.1, 0.15) is 37.8 Å². The summed E-state index contributed by atoms with van der Waals surface area (Å²) >= 11 is 3.63. The summed E-state index contributed by atoms with van der Waals surface area (Å²) in [6, 6.07) is 6.85. The lowest BCUT2D eigenvalue weighted by Gasteiger charge is -2.27. The smallest absolute Gasteiger partial charge is 0.133 e. The van der Waals surface area contributed by atoms with Crippen molar-refractivity contribution in [2.45, 2.75) is 32.2 Å². The third-order valence-corrected chi connectivity index (χ3v) is 5.15. The summed E-state index contributed by atoms with van der Waals surface area (Å²) in [5.74, 6) is 2.39. The van der Waals surface area contributed by atoms with Crippen LogP contribution in [0.3, 0.4) is 0 Å². The van der Waals surface area contributed by atoms with E-state index in [-0.39, 0.29) is 0 Å². The number of hydrogen-bond donors (Lipinski definition) is 1. The van der Waals surface area contributed by atoms with E-state index in [9.17, 15) is 0 Å². The Balaban J connectivity index is 2.10. The van der Waals surface area contributed by atoms with Crippen molar-refractivity contribution in [2.75, 3.05) is 27.4 Å². The van der Waals surface area contributed by atoms with Gasteiger partial charge in [0.2, 0.25) is 0 Å². The van der Waals surface area contributed by atoms with E-state index in [1.54, 1.807) is 7.11 Å². The molecule has 1 N–H and O–H groups in total. The summed E-state index contributed by atoms with van der Waals surface area (Å²) in [6.45, 7) is 3.55. The van der Waals surface area contributed by atoms with Gasteiger partial charge in [0.1, 0.15) is 12.4 Å². The van der Waals surface area contributed by atoms with Gasteiger partial charge in [-0.15, -0.1) is 0 Å². The summed E-state index contributed by atoms with van der Waals surface area (Å²) in [5.41, 5.74) is 1.34. The van der Waals surface area contributed by atoms with E-state index in [1.807, 2.05) is 0 Å². The van der Waals surface area contributed by atoms with Gasteiger partial charge in [-0.1, -0.05) is 25.8 Å². The molecule has 0 aromatic heterocycles. The molecule has 0 heterocycles. The van der Waals surface area contributed by atoms with Crippen LogP contribution in [0.25, 0.3) is 0 Å². The van der Waals surface area contributed by atoms with E-state index >= 15 is 0 Å². The van der Waals surface area contributed by atoms with Crippen LogP contribution >= 0.6 is 15.9 Å². The van der Waals surface area contributed by atoms with Crippen molar-refractivity contribution in [3.63, 3.8) is 0 Å². The van der Waals surface area contributed by atoms with Crippen molar-refractivity contribution in [3.8, 4) is 5.75 Å². The number of benzene rings is 1. The number of nitrogens with one attached hydrogen (secondary N) is 1. The molecule has 1 aromatic carbocycles. The monoisotopic (exact) mass is 355 g/mol. The van der Waals surface area contributed by atoms with Crippen molar-refractivity contribution in [1.29, 1.82) is 0 Å². The predicted molar refractivity (Wildman–Crippen MR) is 89.8 cm³/mol. The third-order valence-electron chi connectivity index (χ3n) is 4.53. The molecule has 0 aliphatic heterocycles. The van der Waals surface area contributed by atoms with E-state index in [0.717, 1.165) is 22.1 Å². The highest BCUT2D eigenvalue weighted by molar-refractivity contribution is 9.10. The molecule has 1 fully saturated rings. The molecular weight excluding hydrogens is 330 g/mol. The molecule has 1 aliphatic rings. The van der Waals surface area contributed by atoms with Crippen molar-refractivity contribution in [1.82, 2.24) is 5.32 Å². The number of hydrogen-bond acceptors (Lipinski definition) is 3. The average Bonchev–Trinajstić information content (AvgIpc) is 2.89. The second-order valence-corrected chi connectivity index (χ2v) is 6.72. The maximum absolute atomic E-state index is 5.70. The molecule has 21 heavy (non-hydrogen) atoms. The van der Waals surface area contributed by atoms with Gasteiger partial charge in [-0.2, -0.15) is 0 Å². The summed E-state index contributed by atoms with van der Waals surface area (Å²) in [6.07, 6.45) is 4.02. The first-order valence-electron chi connectivity index (χ1n) is 7.75. The molecule has 118 valence electrons. The molecule has 1 saturated carbocycles. The molecule has 0 bridgehead atoms. The van der Waals surface area contributed by atoms with Crippen LogP contribution in [0.5, 0.6) is 5.75 Å². The molecule has 3 nitrogen and oxygen atoms in total. The average molecular weight is 356 g/mol. The van der Waals surface area contributed by atoms with E-state index in [0.29, 0.717) is 19.3 Å². The Kier molecular flexibility index (Phi) is 6.52. The summed E-state index contributed by atoms with van der Waals surface area (Å²) < 4.78 is 11.7. The highest BCUT2D eigenvalue weighted by Gasteiger charge is 2.31. The van der Waals surface area contributed by atoms with Crippen LogP contribution in [-0.4, -0.2) is 27.4 Å². The molecule has 4 heteroatoms. The Morgan fingerprint density at radius 1 is 1.33 bits per heavy atom. The SMILES string of the molecule is CNC(c1ccc(OCCOC)c(Br)c1)C1CCCC1C. The Morgan fingerprint density at radius 3 is 2.71 bits per heavy atom. The molecule has 0 radical (unpaired) electrons. The minimum absolute atomic E-state index is 0.423. The fourth-order valence-electron chi connectivity index (χ4n) is 3.36. The molecule has 1 aliphatic carbocycles. The molecule has 0 spiro atoms. The van der Waals surface area contributed by atoms with Crippen LogP contribution in [0.15, 0.2) is 22.7 Å². The van der Waals surface area contributed by atoms with Gasteiger partial charge < -0.3 is 14.8 Å². The van der Waals surface area contributed by atoms with Gasteiger partial charge in [0.05, 0.1) is 11.1 Å². The Labute approximate surface area is 136 Å². The number of ether oxygens (including phenoxy) is 2.